The number of nitrogens with one attached hydrogen (secondary N) is 1. The van der Waals surface area contributed by atoms with Crippen LogP contribution in [0.4, 0.5) is 5.69 Å². The Morgan fingerprint density at radius 3 is 2.68 bits per heavy atom. The third-order valence-corrected chi connectivity index (χ3v) is 3.19. The lowest BCUT2D eigenvalue weighted by molar-refractivity contribution is 0.829. The van der Waals surface area contributed by atoms with Gasteiger partial charge in [-0.1, -0.05) is 36.4 Å². The molecule has 19 heavy (non-hydrogen) atoms. The van der Waals surface area contributed by atoms with Gasteiger partial charge in [0.05, 0.1) is 17.9 Å². The number of fused-ring (bicyclic) bond motifs is 1. The molecule has 3 aromatic rings. The molecule has 1 heterocycles. The molecule has 0 aliphatic heterocycles. The maximum absolute atomic E-state index is 4.33. The number of hydrogen-bond acceptors (Lipinski definition) is 3. The van der Waals surface area contributed by atoms with Gasteiger partial charge in [0, 0.05) is 23.5 Å². The predicted octanol–water partition coefficient (Wildman–Crippen LogP) is 3.80. The maximum Gasteiger partial charge on any atom is 0.0806 e. The van der Waals surface area contributed by atoms with E-state index in [4.69, 9.17) is 0 Å². The fourth-order valence-electron chi connectivity index (χ4n) is 2.19. The van der Waals surface area contributed by atoms with Crippen molar-refractivity contribution in [2.45, 2.75) is 13.0 Å². The second kappa shape index (κ2) is 5.06. The number of benzene rings is 2. The van der Waals surface area contributed by atoms with Crippen LogP contribution < -0.4 is 5.32 Å². The molecular formula is C16H15N3. The fourth-order valence-corrected chi connectivity index (χ4v) is 2.19. The van der Waals surface area contributed by atoms with Crippen LogP contribution in [0.5, 0.6) is 0 Å². The summed E-state index contributed by atoms with van der Waals surface area (Å²) in [6, 6.07) is 14.8. The smallest absolute Gasteiger partial charge is 0.0806 e. The van der Waals surface area contributed by atoms with Crippen LogP contribution in [-0.2, 0) is 0 Å². The molecule has 0 saturated heterocycles. The molecule has 1 N–H and O–H groups in total. The summed E-state index contributed by atoms with van der Waals surface area (Å²) in [6.45, 7) is 2.09. The van der Waals surface area contributed by atoms with E-state index in [2.05, 4.69) is 64.7 Å². The molecule has 1 atom stereocenters. The Kier molecular flexibility index (Phi) is 3.11. The number of rotatable bonds is 3. The zero-order valence-electron chi connectivity index (χ0n) is 10.7. The SMILES string of the molecule is CC(Nc1cccc2ccccc12)c1cnccn1. The zero-order chi connectivity index (χ0) is 13.1. The molecule has 0 fully saturated rings. The molecule has 0 aliphatic rings. The van der Waals surface area contributed by atoms with Crippen LogP contribution in [0.3, 0.4) is 0 Å². The van der Waals surface area contributed by atoms with Crippen molar-refractivity contribution in [1.82, 2.24) is 9.97 Å². The van der Waals surface area contributed by atoms with Gasteiger partial charge in [0.25, 0.3) is 0 Å². The minimum Gasteiger partial charge on any atom is -0.376 e. The van der Waals surface area contributed by atoms with Gasteiger partial charge < -0.3 is 5.32 Å². The number of anilines is 1. The van der Waals surface area contributed by atoms with Crippen molar-refractivity contribution in [3.63, 3.8) is 0 Å². The normalized spacial score (nSPS) is 12.3. The lowest BCUT2D eigenvalue weighted by Crippen LogP contribution is -2.08. The molecule has 0 bridgehead atoms. The van der Waals surface area contributed by atoms with E-state index in [0.717, 1.165) is 11.4 Å². The van der Waals surface area contributed by atoms with Gasteiger partial charge in [-0.3, -0.25) is 9.97 Å². The Labute approximate surface area is 112 Å². The number of nitrogens with zero attached hydrogens (tertiary/aromatic N) is 2. The standard InChI is InChI=1S/C16H15N3/c1-12(16-11-17-9-10-18-16)19-15-8-4-6-13-5-2-3-7-14(13)15/h2-12,19H,1H3. The predicted molar refractivity (Wildman–Crippen MR) is 78.0 cm³/mol. The van der Waals surface area contributed by atoms with Crippen LogP contribution in [0.2, 0.25) is 0 Å². The third-order valence-electron chi connectivity index (χ3n) is 3.19. The van der Waals surface area contributed by atoms with Crippen LogP contribution in [0.1, 0.15) is 18.7 Å². The quantitative estimate of drug-likeness (QED) is 0.767. The van der Waals surface area contributed by atoms with Crippen molar-refractivity contribution in [3.8, 4) is 0 Å². The monoisotopic (exact) mass is 249 g/mol. The first-order valence-electron chi connectivity index (χ1n) is 6.35. The molecule has 3 nitrogen and oxygen atoms in total. The average molecular weight is 249 g/mol. The number of aromatic nitrogens is 2. The Balaban J connectivity index is 1.94. The van der Waals surface area contributed by atoms with E-state index in [1.54, 1.807) is 18.6 Å². The fraction of sp³-hybridized carbons (Fsp3) is 0.125. The van der Waals surface area contributed by atoms with Gasteiger partial charge in [0.1, 0.15) is 0 Å². The Bertz CT molecular complexity index is 674. The molecule has 0 radical (unpaired) electrons. The Morgan fingerprint density at radius 1 is 1.00 bits per heavy atom. The summed E-state index contributed by atoms with van der Waals surface area (Å²) in [6.07, 6.45) is 5.20. The molecular weight excluding hydrogens is 234 g/mol. The Morgan fingerprint density at radius 2 is 1.84 bits per heavy atom. The molecule has 94 valence electrons. The molecule has 0 saturated carbocycles. The lowest BCUT2D eigenvalue weighted by Gasteiger charge is -2.16. The van der Waals surface area contributed by atoms with Crippen molar-refractivity contribution >= 4 is 16.5 Å². The van der Waals surface area contributed by atoms with Crippen LogP contribution in [0.25, 0.3) is 10.8 Å². The first-order valence-corrected chi connectivity index (χ1v) is 6.35. The average Bonchev–Trinajstić information content (AvgIpc) is 2.48. The van der Waals surface area contributed by atoms with Crippen LogP contribution in [0, 0.1) is 0 Å². The van der Waals surface area contributed by atoms with Gasteiger partial charge in [-0.25, -0.2) is 0 Å². The molecule has 3 rings (SSSR count). The summed E-state index contributed by atoms with van der Waals surface area (Å²) in [4.78, 5) is 8.44. The van der Waals surface area contributed by atoms with E-state index in [1.807, 2.05) is 0 Å². The van der Waals surface area contributed by atoms with E-state index >= 15 is 0 Å². The summed E-state index contributed by atoms with van der Waals surface area (Å²) in [5, 5.41) is 5.96. The van der Waals surface area contributed by atoms with Crippen LogP contribution in [-0.4, -0.2) is 9.97 Å². The van der Waals surface area contributed by atoms with E-state index < -0.39 is 0 Å². The van der Waals surface area contributed by atoms with E-state index in [9.17, 15) is 0 Å². The second-order valence-electron chi connectivity index (χ2n) is 4.52. The van der Waals surface area contributed by atoms with Crippen LogP contribution in [0.15, 0.2) is 61.1 Å². The van der Waals surface area contributed by atoms with Crippen LogP contribution >= 0.6 is 0 Å². The maximum atomic E-state index is 4.33. The van der Waals surface area contributed by atoms with Crippen molar-refractivity contribution in [2.75, 3.05) is 5.32 Å². The van der Waals surface area contributed by atoms with E-state index in [1.165, 1.54) is 10.8 Å². The first kappa shape index (κ1) is 11.7. The van der Waals surface area contributed by atoms with Crippen molar-refractivity contribution in [1.29, 1.82) is 0 Å². The summed E-state index contributed by atoms with van der Waals surface area (Å²) >= 11 is 0. The molecule has 0 spiro atoms. The largest absolute Gasteiger partial charge is 0.376 e. The molecule has 2 aromatic carbocycles. The molecule has 1 aromatic heterocycles. The summed E-state index contributed by atoms with van der Waals surface area (Å²) in [7, 11) is 0. The minimum absolute atomic E-state index is 0.125. The highest BCUT2D eigenvalue weighted by molar-refractivity contribution is 5.93. The Hall–Kier alpha value is -2.42. The summed E-state index contributed by atoms with van der Waals surface area (Å²) in [5.41, 5.74) is 2.06. The molecule has 3 heteroatoms. The van der Waals surface area contributed by atoms with E-state index in [0.29, 0.717) is 0 Å². The highest BCUT2D eigenvalue weighted by atomic mass is 14.9. The molecule has 0 aliphatic carbocycles. The number of hydrogen-bond donors (Lipinski definition) is 1. The lowest BCUT2D eigenvalue weighted by atomic mass is 10.1. The van der Waals surface area contributed by atoms with Gasteiger partial charge in [-0.15, -0.1) is 0 Å². The topological polar surface area (TPSA) is 37.8 Å². The van der Waals surface area contributed by atoms with Crippen molar-refractivity contribution in [2.24, 2.45) is 0 Å². The van der Waals surface area contributed by atoms with Crippen molar-refractivity contribution < 1.29 is 0 Å². The minimum atomic E-state index is 0.125. The second-order valence-corrected chi connectivity index (χ2v) is 4.52. The van der Waals surface area contributed by atoms with Gasteiger partial charge in [0.15, 0.2) is 0 Å². The first-order chi connectivity index (χ1) is 9.34. The van der Waals surface area contributed by atoms with Gasteiger partial charge >= 0.3 is 0 Å². The molecule has 1 unspecified atom stereocenters. The molecule has 0 amide bonds. The van der Waals surface area contributed by atoms with Crippen molar-refractivity contribution in [3.05, 3.63) is 66.7 Å². The van der Waals surface area contributed by atoms with E-state index in [-0.39, 0.29) is 6.04 Å². The zero-order valence-corrected chi connectivity index (χ0v) is 10.7. The highest BCUT2D eigenvalue weighted by Gasteiger charge is 2.08. The third kappa shape index (κ3) is 2.40. The highest BCUT2D eigenvalue weighted by Crippen LogP contribution is 2.26. The van der Waals surface area contributed by atoms with Gasteiger partial charge in [-0.05, 0) is 18.4 Å². The van der Waals surface area contributed by atoms with Gasteiger partial charge in [-0.2, -0.15) is 0 Å². The van der Waals surface area contributed by atoms with Gasteiger partial charge in [0.2, 0.25) is 0 Å². The summed E-state index contributed by atoms with van der Waals surface area (Å²) in [5.74, 6) is 0. The summed E-state index contributed by atoms with van der Waals surface area (Å²) < 4.78 is 0.